The normalized spacial score (nSPS) is 36.7. The highest BCUT2D eigenvalue weighted by atomic mass is 16.2. The summed E-state index contributed by atoms with van der Waals surface area (Å²) in [6, 6.07) is -7.91. The molecule has 138 heavy (non-hydrogen) atoms. The van der Waals surface area contributed by atoms with Gasteiger partial charge in [-0.25, -0.2) is 99.2 Å². The molecular formula is C96H120N36O6. The molecule has 6 aliphatic rings. The first kappa shape index (κ1) is 48.1. The minimum Gasteiger partial charge on any atom is -0.354 e. The smallest absolute Gasteiger partial charge is 0.302 e. The van der Waals surface area contributed by atoms with Gasteiger partial charge in [0.2, 0.25) is 0 Å². The van der Waals surface area contributed by atoms with E-state index in [1.54, 1.807) is 6.07 Å². The fourth-order valence-electron chi connectivity index (χ4n) is 13.3. The maximum absolute atomic E-state index is 12.7. The Bertz CT molecular complexity index is 9430. The van der Waals surface area contributed by atoms with Gasteiger partial charge in [-0.05, 0) is 110 Å². The summed E-state index contributed by atoms with van der Waals surface area (Å²) in [7, 11) is 2.40. The molecule has 12 atom stereocenters. The summed E-state index contributed by atoms with van der Waals surface area (Å²) >= 11 is 0. The van der Waals surface area contributed by atoms with E-state index in [-0.39, 0.29) is 119 Å². The summed E-state index contributed by atoms with van der Waals surface area (Å²) in [5.74, 6) is -23.8. The van der Waals surface area contributed by atoms with Crippen molar-refractivity contribution in [3.8, 4) is 0 Å². The van der Waals surface area contributed by atoms with Gasteiger partial charge in [-0.15, -0.1) is 0 Å². The number of fused-ring (bicyclic) bond motifs is 6. The summed E-state index contributed by atoms with van der Waals surface area (Å²) in [5, 5.41) is 0.719. The lowest BCUT2D eigenvalue weighted by Crippen LogP contribution is -2.53. The molecule has 6 aliphatic heterocycles. The van der Waals surface area contributed by atoms with Crippen molar-refractivity contribution in [1.82, 2.24) is 119 Å². The molecule has 0 aliphatic carbocycles. The molecule has 6 amide bonds. The Labute approximate surface area is 884 Å². The number of likely N-dealkylation sites (tertiary alicyclic amines) is 6. The van der Waals surface area contributed by atoms with Crippen molar-refractivity contribution < 1.29 is 110 Å². The van der Waals surface area contributed by atoms with Gasteiger partial charge in [0.1, 0.15) is 115 Å². The fourth-order valence-corrected chi connectivity index (χ4v) is 13.3. The highest BCUT2D eigenvalue weighted by Gasteiger charge is 2.41. The molecule has 42 heteroatoms. The number of amides is 6. The van der Waals surface area contributed by atoms with Crippen LogP contribution in [0.2, 0.25) is 0 Å². The predicted molar refractivity (Wildman–Crippen MR) is 527 cm³/mol. The zero-order valence-electron chi connectivity index (χ0n) is 132. The van der Waals surface area contributed by atoms with Gasteiger partial charge in [-0.1, -0.05) is 41.3 Å². The number of nitrogens with zero attached hydrogens (tertiary/aromatic N) is 30. The van der Waals surface area contributed by atoms with Crippen molar-refractivity contribution in [2.75, 3.05) is 189 Å². The van der Waals surface area contributed by atoms with Crippen molar-refractivity contribution >= 4 is 137 Å². The van der Waals surface area contributed by atoms with Gasteiger partial charge in [0.25, 0.3) is 39.3 Å². The van der Waals surface area contributed by atoms with Crippen LogP contribution in [0, 0.1) is 74.8 Å². The van der Waals surface area contributed by atoms with Crippen LogP contribution in [0.4, 0.5) is 34.9 Å². The lowest BCUT2D eigenvalue weighted by atomic mass is 9.92. The van der Waals surface area contributed by atoms with Crippen LogP contribution in [-0.2, 0) is 28.8 Å². The molecular weight excluding hydrogens is 1750 g/mol. The zero-order valence-corrected chi connectivity index (χ0v) is 73.1. The number of anilines is 6. The molecule has 12 aromatic rings. The van der Waals surface area contributed by atoms with Crippen LogP contribution in [0.25, 0.3) is 95.3 Å². The van der Waals surface area contributed by atoms with Crippen molar-refractivity contribution in [1.29, 1.82) is 0 Å². The summed E-state index contributed by atoms with van der Waals surface area (Å²) in [6.07, 6.45) is -0.660. The SMILES string of the molecule is [2H]c1nc(N(C([2H])([2H])[2H])[C@@]2([2H])C([2H])([2H])N(C(=O)C[N+]#[C-])C([2H])([2H])C[C@@]2([2H])C([2H])([2H])[2H])c2cc[nH]c2n1.[2H]c1nc(N(C([2H])([2H])[2H])[C@@]2([2H])C([2H])([2H])N(C(=O)C[N+]#[C-])C([2H])([2H])C[C@@]2([2H])C)c2cc[nH]c2n1.[2H]c1nc(N(C)[C@@]2([2H])C([2H])([2H])N(C(=O)C[N+]#[C-])C([2H])([2H])C[C@@]2([2H])C([2H])([2H])[2H])c2cc[nH]c2n1.[2H]c1nc(N(C)[C@@]2([2H])C([2H])([2H])N(C(=O)C[N+]#[C-])C([2H])([2H])C[C@@]2([2H])C)c2cc[nH]c2n1.[2H]c1nc(N([C@@H]2[C@H](C([2H])([2H])[2H])CC([2H])([2H])N(C(=O)C[N+]#[C-])C2([2H])[2H])C([2H])([2H])[2H])c2cc[nH]c2n1.[2H]c1nc(N([C@@H]2[C@H](C)CC([2H])([2H])N(C(=O)C[N+]#[C-])C2([2H])[2H])C([2H])([2H])[2H])c2cc[nH]c2n1. The van der Waals surface area contributed by atoms with Crippen LogP contribution in [0.15, 0.2) is 111 Å². The molecule has 0 spiro atoms. The number of carbonyl (C=O) groups is 6. The summed E-state index contributed by atoms with van der Waals surface area (Å²) in [5.41, 5.74) is 0.561. The van der Waals surface area contributed by atoms with E-state index < -0.39 is 360 Å². The first-order chi connectivity index (χ1) is 89.4. The van der Waals surface area contributed by atoms with E-state index in [9.17, 15) is 30.1 Å². The number of aromatic nitrogens is 18. The van der Waals surface area contributed by atoms with Crippen LogP contribution in [-0.4, -0.2) is 350 Å². The van der Waals surface area contributed by atoms with Gasteiger partial charge < -0.3 is 118 Å². The summed E-state index contributed by atoms with van der Waals surface area (Å²) in [6.45, 7) is -20.1. The molecule has 42 nitrogen and oxygen atoms in total. The molecule has 6 N–H and O–H groups in total. The van der Waals surface area contributed by atoms with E-state index in [0.717, 1.165) is 28.7 Å². The minimum atomic E-state index is -3.84. The van der Waals surface area contributed by atoms with Gasteiger partial charge in [-0.3, -0.25) is 28.8 Å². The second-order valence-corrected chi connectivity index (χ2v) is 29.3. The molecule has 0 saturated carbocycles. The number of nitrogens with one attached hydrogen (secondary N) is 6. The third-order valence-electron chi connectivity index (χ3n) is 20.2. The number of piperidine rings is 6. The van der Waals surface area contributed by atoms with Gasteiger partial charge >= 0.3 is 35.4 Å². The van der Waals surface area contributed by atoms with E-state index in [2.05, 4.69) is 119 Å². The Morgan fingerprint density at radius 1 is 0.326 bits per heavy atom. The number of likely N-dealkylation sites (N-methyl/N-ethyl adjacent to an activating group) is 6. The average Bonchev–Trinajstić information content (AvgIpc) is 1.43. The Kier molecular flexibility index (Phi) is 16.2. The standard InChI is InChI=1S/6C16H20N6O/c6*1-11-5-7-22(14(23)8-17-2)9-13(11)21(3)16-12-4-6-18-15(12)19-10-20-16/h6*4,6,10-11,13H,5,7-9H2,1,3H3,(H,18,19,20)/t6*11-,13+/m111111/s1/i1D3,3D3,7D2,9D2,10D,11D,13D;3D3,7D2,9D2,10D,11D,13D;1D3,7D2,9D2,10D,11D,13D;7D2,9D2,10D,11D,13D;1D3,3D3,7D2,9D2,10D;3D3,7D2,9D2,10D. The topological polar surface area (TPSA) is 417 Å². The predicted octanol–water partition coefficient (Wildman–Crippen LogP) is 9.30. The first-order valence-corrected chi connectivity index (χ1v) is 40.4. The van der Waals surface area contributed by atoms with Gasteiger partial charge in [0, 0.05) is 208 Å². The Hall–Kier alpha value is -15.7. The number of carbonyl (C=O) groups excluding carboxylic acids is 6. The first-order valence-electron chi connectivity index (χ1n) is 69.9. The number of aromatic amines is 6. The molecule has 0 aromatic carbocycles. The number of hydrogen-bond acceptors (Lipinski definition) is 24. The van der Waals surface area contributed by atoms with E-state index in [1.807, 2.05) is 0 Å². The highest BCUT2D eigenvalue weighted by Crippen LogP contribution is 2.37. The monoisotopic (exact) mass is 1930 g/mol. The molecule has 18 heterocycles. The van der Waals surface area contributed by atoms with Crippen molar-refractivity contribution in [2.45, 2.75) is 116 Å². The number of hydrogen-bond donors (Lipinski definition) is 6. The zero-order chi connectivity index (χ0) is 150. The third-order valence-corrected chi connectivity index (χ3v) is 20.2. The van der Waals surface area contributed by atoms with Crippen molar-refractivity contribution in [3.05, 3.63) is 180 Å². The van der Waals surface area contributed by atoms with Gasteiger partial charge in [0.15, 0.2) is 0 Å². The van der Waals surface area contributed by atoms with Gasteiger partial charge in [0.05, 0.1) is 90.4 Å². The van der Waals surface area contributed by atoms with E-state index in [4.69, 9.17) is 119 Å². The number of rotatable bonds is 18. The summed E-state index contributed by atoms with van der Waals surface area (Å²) < 4.78 is 491. The lowest BCUT2D eigenvalue weighted by Gasteiger charge is -2.41. The molecule has 0 radical (unpaired) electrons. The summed E-state index contributed by atoms with van der Waals surface area (Å²) in [4.78, 5) is 159. The molecule has 6 saturated heterocycles. The largest absolute Gasteiger partial charge is 0.354 e. The number of H-pyrrole nitrogens is 6. The fraction of sp³-hybridized carbons (Fsp3) is 0.500. The maximum atomic E-state index is 12.7. The van der Waals surface area contributed by atoms with Crippen molar-refractivity contribution in [2.24, 2.45) is 35.4 Å². The molecule has 0 unspecified atom stereocenters. The Morgan fingerprint density at radius 3 is 0.804 bits per heavy atom. The highest BCUT2D eigenvalue weighted by molar-refractivity contribution is 5.93. The van der Waals surface area contributed by atoms with Crippen molar-refractivity contribution in [3.63, 3.8) is 0 Å². The second-order valence-electron chi connectivity index (χ2n) is 29.3. The van der Waals surface area contributed by atoms with Crippen LogP contribution in [0.5, 0.6) is 0 Å². The molecule has 720 valence electrons. The quantitative estimate of drug-likeness (QED) is 0.0435. The van der Waals surface area contributed by atoms with Crippen LogP contribution in [0.3, 0.4) is 0 Å². The average molecular weight is 1930 g/mol. The Balaban J connectivity index is 0.000000190. The van der Waals surface area contributed by atoms with Crippen LogP contribution < -0.4 is 29.4 Å². The van der Waals surface area contributed by atoms with Crippen LogP contribution in [0.1, 0.15) is 161 Å². The minimum absolute atomic E-state index is 0.0105. The van der Waals surface area contributed by atoms with Gasteiger partial charge in [-0.2, -0.15) is 0 Å². The molecule has 18 rings (SSSR count). The second kappa shape index (κ2) is 46.5. The maximum Gasteiger partial charge on any atom is 0.302 e. The van der Waals surface area contributed by atoms with Crippen LogP contribution >= 0.6 is 0 Å². The molecule has 0 bridgehead atoms. The van der Waals surface area contributed by atoms with E-state index in [1.165, 1.54) is 88.4 Å². The van der Waals surface area contributed by atoms with E-state index >= 15 is 0 Å². The molecule has 12 aromatic heterocycles. The van der Waals surface area contributed by atoms with E-state index in [0.29, 0.717) is 15.2 Å². The lowest BCUT2D eigenvalue weighted by molar-refractivity contribution is -0.131. The Morgan fingerprint density at radius 2 is 0.543 bits per heavy atom. The third kappa shape index (κ3) is 23.1. The molecule has 6 fully saturated rings.